The molecule has 2 heteroatoms. The molecule has 1 unspecified atom stereocenters. The fourth-order valence-electron chi connectivity index (χ4n) is 1.34. The SMILES string of the molecule is C=CCCC(C#N)C(=O)c1ccccc1. The fourth-order valence-corrected chi connectivity index (χ4v) is 1.34. The van der Waals surface area contributed by atoms with Crippen LogP contribution in [0.1, 0.15) is 23.2 Å². The number of Topliss-reactive ketones (excluding diaryl/α,β-unsaturated/α-hetero) is 1. The van der Waals surface area contributed by atoms with Gasteiger partial charge >= 0.3 is 0 Å². The number of benzene rings is 1. The van der Waals surface area contributed by atoms with Gasteiger partial charge in [-0.15, -0.1) is 6.58 Å². The highest BCUT2D eigenvalue weighted by molar-refractivity contribution is 5.99. The molecule has 0 bridgehead atoms. The zero-order valence-corrected chi connectivity index (χ0v) is 8.52. The van der Waals surface area contributed by atoms with Crippen LogP contribution < -0.4 is 0 Å². The number of carbonyl (C=O) groups excluding carboxylic acids is 1. The molecule has 0 heterocycles. The summed E-state index contributed by atoms with van der Waals surface area (Å²) in [5.41, 5.74) is 0.605. The first-order valence-electron chi connectivity index (χ1n) is 4.89. The lowest BCUT2D eigenvalue weighted by atomic mass is 9.95. The molecule has 15 heavy (non-hydrogen) atoms. The number of ketones is 1. The van der Waals surface area contributed by atoms with Crippen LogP contribution in [0.2, 0.25) is 0 Å². The van der Waals surface area contributed by atoms with Crippen molar-refractivity contribution in [1.82, 2.24) is 0 Å². The van der Waals surface area contributed by atoms with E-state index in [0.717, 1.165) is 0 Å². The van der Waals surface area contributed by atoms with Gasteiger partial charge in [0.1, 0.15) is 5.92 Å². The molecule has 0 aliphatic rings. The second-order valence-corrected chi connectivity index (χ2v) is 3.28. The summed E-state index contributed by atoms with van der Waals surface area (Å²) >= 11 is 0. The topological polar surface area (TPSA) is 40.9 Å². The lowest BCUT2D eigenvalue weighted by molar-refractivity contribution is 0.0944. The van der Waals surface area contributed by atoms with Crippen molar-refractivity contribution < 1.29 is 4.79 Å². The molecule has 1 atom stereocenters. The standard InChI is InChI=1S/C13H13NO/c1-2-3-7-12(10-14)13(15)11-8-5-4-6-9-11/h2,4-6,8-9,12H,1,3,7H2. The van der Waals surface area contributed by atoms with E-state index in [-0.39, 0.29) is 5.78 Å². The average molecular weight is 199 g/mol. The van der Waals surface area contributed by atoms with Gasteiger partial charge in [0, 0.05) is 5.56 Å². The smallest absolute Gasteiger partial charge is 0.179 e. The molecule has 0 aliphatic heterocycles. The summed E-state index contributed by atoms with van der Waals surface area (Å²) in [6, 6.07) is 11.0. The third kappa shape index (κ3) is 3.07. The van der Waals surface area contributed by atoms with Crippen LogP contribution >= 0.6 is 0 Å². The van der Waals surface area contributed by atoms with Crippen LogP contribution in [-0.4, -0.2) is 5.78 Å². The van der Waals surface area contributed by atoms with Gasteiger partial charge in [0.05, 0.1) is 6.07 Å². The van der Waals surface area contributed by atoms with Gasteiger partial charge < -0.3 is 0 Å². The van der Waals surface area contributed by atoms with Crippen molar-refractivity contribution in [3.63, 3.8) is 0 Å². The highest BCUT2D eigenvalue weighted by Gasteiger charge is 2.18. The van der Waals surface area contributed by atoms with Gasteiger partial charge in [0.25, 0.3) is 0 Å². The van der Waals surface area contributed by atoms with E-state index in [0.29, 0.717) is 18.4 Å². The lowest BCUT2D eigenvalue weighted by Gasteiger charge is -2.05. The zero-order chi connectivity index (χ0) is 11.1. The summed E-state index contributed by atoms with van der Waals surface area (Å²) < 4.78 is 0. The number of nitrogens with zero attached hydrogens (tertiary/aromatic N) is 1. The summed E-state index contributed by atoms with van der Waals surface area (Å²) in [5, 5.41) is 8.88. The second kappa shape index (κ2) is 5.77. The molecule has 1 aromatic carbocycles. The van der Waals surface area contributed by atoms with E-state index in [2.05, 4.69) is 6.58 Å². The summed E-state index contributed by atoms with van der Waals surface area (Å²) in [5.74, 6) is -0.648. The maximum atomic E-state index is 11.8. The van der Waals surface area contributed by atoms with E-state index in [1.807, 2.05) is 12.1 Å². The van der Waals surface area contributed by atoms with Crippen molar-refractivity contribution in [1.29, 1.82) is 5.26 Å². The predicted octanol–water partition coefficient (Wildman–Crippen LogP) is 2.98. The Balaban J connectivity index is 2.74. The summed E-state index contributed by atoms with van der Waals surface area (Å²) in [6.45, 7) is 3.58. The first kappa shape index (κ1) is 11.2. The van der Waals surface area contributed by atoms with Crippen molar-refractivity contribution in [2.75, 3.05) is 0 Å². The van der Waals surface area contributed by atoms with Crippen molar-refractivity contribution >= 4 is 5.78 Å². The van der Waals surface area contributed by atoms with Gasteiger partial charge in [0.15, 0.2) is 5.78 Å². The molecule has 1 rings (SSSR count). The molecular formula is C13H13NO. The minimum absolute atomic E-state index is 0.0973. The zero-order valence-electron chi connectivity index (χ0n) is 8.52. The van der Waals surface area contributed by atoms with Gasteiger partial charge in [-0.1, -0.05) is 36.4 Å². The Kier molecular flexibility index (Phi) is 4.30. The van der Waals surface area contributed by atoms with E-state index in [4.69, 9.17) is 5.26 Å². The van der Waals surface area contributed by atoms with Crippen LogP contribution in [0.4, 0.5) is 0 Å². The predicted molar refractivity (Wildman–Crippen MR) is 59.3 cm³/mol. The van der Waals surface area contributed by atoms with Crippen molar-refractivity contribution in [3.05, 3.63) is 48.6 Å². The van der Waals surface area contributed by atoms with Crippen molar-refractivity contribution in [2.24, 2.45) is 5.92 Å². The minimum atomic E-state index is -0.551. The Hall–Kier alpha value is -1.88. The number of hydrogen-bond donors (Lipinski definition) is 0. The third-order valence-corrected chi connectivity index (χ3v) is 2.19. The fraction of sp³-hybridized carbons (Fsp3) is 0.231. The van der Waals surface area contributed by atoms with Gasteiger partial charge in [0.2, 0.25) is 0 Å². The highest BCUT2D eigenvalue weighted by atomic mass is 16.1. The largest absolute Gasteiger partial charge is 0.293 e. The minimum Gasteiger partial charge on any atom is -0.293 e. The van der Waals surface area contributed by atoms with E-state index >= 15 is 0 Å². The first-order chi connectivity index (χ1) is 7.29. The van der Waals surface area contributed by atoms with Crippen LogP contribution in [0.25, 0.3) is 0 Å². The molecule has 0 spiro atoms. The van der Waals surface area contributed by atoms with Crippen LogP contribution in [-0.2, 0) is 0 Å². The average Bonchev–Trinajstić information content (AvgIpc) is 2.31. The molecule has 0 amide bonds. The normalized spacial score (nSPS) is 11.4. The summed E-state index contributed by atoms with van der Waals surface area (Å²) in [6.07, 6.45) is 2.97. The molecule has 0 saturated heterocycles. The number of carbonyl (C=O) groups is 1. The molecule has 0 radical (unpaired) electrons. The molecule has 1 aromatic rings. The third-order valence-electron chi connectivity index (χ3n) is 2.19. The molecular weight excluding hydrogens is 186 g/mol. The van der Waals surface area contributed by atoms with Crippen molar-refractivity contribution in [3.8, 4) is 6.07 Å². The van der Waals surface area contributed by atoms with E-state index in [9.17, 15) is 4.79 Å². The van der Waals surface area contributed by atoms with Crippen molar-refractivity contribution in [2.45, 2.75) is 12.8 Å². The first-order valence-corrected chi connectivity index (χ1v) is 4.89. The Morgan fingerprint density at radius 2 is 2.13 bits per heavy atom. The molecule has 2 nitrogen and oxygen atoms in total. The van der Waals surface area contributed by atoms with Crippen LogP contribution in [0.15, 0.2) is 43.0 Å². The van der Waals surface area contributed by atoms with E-state index in [1.54, 1.807) is 30.3 Å². The maximum absolute atomic E-state index is 11.8. The van der Waals surface area contributed by atoms with Gasteiger partial charge in [-0.05, 0) is 12.8 Å². The monoisotopic (exact) mass is 199 g/mol. The summed E-state index contributed by atoms with van der Waals surface area (Å²) in [7, 11) is 0. The molecule has 0 aromatic heterocycles. The van der Waals surface area contributed by atoms with Gasteiger partial charge in [-0.3, -0.25) is 4.79 Å². The van der Waals surface area contributed by atoms with Gasteiger partial charge in [-0.2, -0.15) is 5.26 Å². The van der Waals surface area contributed by atoms with Gasteiger partial charge in [-0.25, -0.2) is 0 Å². The Morgan fingerprint density at radius 3 is 2.67 bits per heavy atom. The number of allylic oxidation sites excluding steroid dienone is 1. The quantitative estimate of drug-likeness (QED) is 0.540. The maximum Gasteiger partial charge on any atom is 0.179 e. The highest BCUT2D eigenvalue weighted by Crippen LogP contribution is 2.13. The lowest BCUT2D eigenvalue weighted by Crippen LogP contribution is -2.12. The Morgan fingerprint density at radius 1 is 1.47 bits per heavy atom. The molecule has 0 fully saturated rings. The van der Waals surface area contributed by atoms with E-state index < -0.39 is 5.92 Å². The van der Waals surface area contributed by atoms with E-state index in [1.165, 1.54) is 0 Å². The molecule has 0 N–H and O–H groups in total. The van der Waals surface area contributed by atoms with Crippen LogP contribution in [0.3, 0.4) is 0 Å². The molecule has 76 valence electrons. The Bertz CT molecular complexity index is 375. The second-order valence-electron chi connectivity index (χ2n) is 3.28. The number of rotatable bonds is 5. The summed E-state index contributed by atoms with van der Waals surface area (Å²) in [4.78, 5) is 11.8. The molecule has 0 aliphatic carbocycles. The number of nitriles is 1. The number of hydrogen-bond acceptors (Lipinski definition) is 2. The molecule has 0 saturated carbocycles. The van der Waals surface area contributed by atoms with Crippen LogP contribution in [0.5, 0.6) is 0 Å². The Labute approximate surface area is 89.9 Å². The van der Waals surface area contributed by atoms with Crippen LogP contribution in [0, 0.1) is 17.2 Å².